The maximum absolute atomic E-state index is 15.0. The first kappa shape index (κ1) is 34.7. The van der Waals surface area contributed by atoms with E-state index >= 15 is 0 Å². The van der Waals surface area contributed by atoms with Crippen molar-refractivity contribution in [3.63, 3.8) is 0 Å². The van der Waals surface area contributed by atoms with Gasteiger partial charge in [0, 0.05) is 23.5 Å². The summed E-state index contributed by atoms with van der Waals surface area (Å²) < 4.78 is 34.5. The Morgan fingerprint density at radius 1 is 1.10 bits per heavy atom. The summed E-state index contributed by atoms with van der Waals surface area (Å²) in [6, 6.07) is 11.5. The zero-order valence-electron chi connectivity index (χ0n) is 28.9. The van der Waals surface area contributed by atoms with Crippen molar-refractivity contribution in [1.29, 1.82) is 5.41 Å². The highest BCUT2D eigenvalue weighted by Crippen LogP contribution is 2.44. The molecular formula is C37H41ClF2N8O3. The molecule has 2 aromatic carbocycles. The van der Waals surface area contributed by atoms with Crippen molar-refractivity contribution in [3.8, 4) is 16.8 Å². The number of hydrogen-bond acceptors (Lipinski definition) is 6. The normalized spacial score (nSPS) is 20.4. The predicted octanol–water partition coefficient (Wildman–Crippen LogP) is 7.68. The van der Waals surface area contributed by atoms with E-state index in [0.717, 1.165) is 31.2 Å². The zero-order valence-corrected chi connectivity index (χ0v) is 29.7. The Morgan fingerprint density at radius 2 is 1.82 bits per heavy atom. The summed E-state index contributed by atoms with van der Waals surface area (Å²) in [5, 5.41) is 24.1. The average molecular weight is 719 g/mol. The quantitative estimate of drug-likeness (QED) is 0.146. The number of hydrogen-bond donors (Lipinski definition) is 3. The number of benzene rings is 2. The van der Waals surface area contributed by atoms with Crippen molar-refractivity contribution in [2.45, 2.75) is 89.4 Å². The van der Waals surface area contributed by atoms with E-state index in [0.29, 0.717) is 50.0 Å². The van der Waals surface area contributed by atoms with E-state index in [9.17, 15) is 23.8 Å². The minimum Gasteiger partial charge on any atom is -0.447 e. The van der Waals surface area contributed by atoms with E-state index in [1.807, 2.05) is 46.2 Å². The molecule has 3 N–H and O–H groups in total. The molecule has 0 bridgehead atoms. The Bertz CT molecular complexity index is 1980. The predicted molar refractivity (Wildman–Crippen MR) is 188 cm³/mol. The second-order valence-electron chi connectivity index (χ2n) is 15.4. The molecule has 11 nitrogen and oxygen atoms in total. The third-order valence-electron chi connectivity index (χ3n) is 9.81. The summed E-state index contributed by atoms with van der Waals surface area (Å²) in [5.41, 5.74) is 2.01. The lowest BCUT2D eigenvalue weighted by molar-refractivity contribution is -0.134. The number of nitrogens with zero attached hydrogens (tertiary/aromatic N) is 5. The smallest absolute Gasteiger partial charge is 0.407 e. The summed E-state index contributed by atoms with van der Waals surface area (Å²) >= 11 is 6.70. The van der Waals surface area contributed by atoms with E-state index < -0.39 is 30.1 Å². The molecule has 0 unspecified atom stereocenters. The molecule has 2 saturated carbocycles. The maximum Gasteiger partial charge on any atom is 0.407 e. The molecule has 2 aromatic heterocycles. The van der Waals surface area contributed by atoms with E-state index in [2.05, 4.69) is 20.8 Å². The number of nitrogens with one attached hydrogen (secondary N) is 3. The maximum atomic E-state index is 15.0. The van der Waals surface area contributed by atoms with E-state index in [1.165, 1.54) is 17.3 Å². The second-order valence-corrected chi connectivity index (χ2v) is 15.8. The summed E-state index contributed by atoms with van der Waals surface area (Å²) in [6.45, 7) is 4.98. The molecule has 0 spiro atoms. The molecule has 3 fully saturated rings. The zero-order chi connectivity index (χ0) is 36.3. The van der Waals surface area contributed by atoms with Crippen molar-refractivity contribution in [2.75, 3.05) is 6.61 Å². The number of alkyl halides is 2. The summed E-state index contributed by atoms with van der Waals surface area (Å²) in [5.74, 6) is -0.0559. The van der Waals surface area contributed by atoms with E-state index in [1.54, 1.807) is 41.1 Å². The van der Waals surface area contributed by atoms with Gasteiger partial charge in [-0.25, -0.2) is 14.2 Å². The van der Waals surface area contributed by atoms with Crippen LogP contribution in [0, 0.1) is 10.8 Å². The molecule has 3 heterocycles. The molecule has 3 aliphatic rings. The largest absolute Gasteiger partial charge is 0.447 e. The fraction of sp³-hybridized carbons (Fsp3) is 0.432. The molecule has 14 heteroatoms. The first-order chi connectivity index (χ1) is 24.1. The van der Waals surface area contributed by atoms with Crippen LogP contribution in [-0.4, -0.2) is 54.6 Å². The van der Waals surface area contributed by atoms with Crippen LogP contribution >= 0.6 is 11.6 Å². The minimum absolute atomic E-state index is 0.152. The van der Waals surface area contributed by atoms with Crippen molar-refractivity contribution < 1.29 is 23.1 Å². The molecule has 2 amide bonds. The number of amides is 2. The van der Waals surface area contributed by atoms with Crippen LogP contribution in [0.3, 0.4) is 0 Å². The van der Waals surface area contributed by atoms with Crippen LogP contribution < -0.4 is 10.6 Å². The number of carbonyl (C=O) groups is 2. The highest BCUT2D eigenvalue weighted by molar-refractivity contribution is 6.32. The molecule has 7 rings (SSSR count). The third kappa shape index (κ3) is 7.08. The van der Waals surface area contributed by atoms with Crippen molar-refractivity contribution in [3.05, 3.63) is 89.0 Å². The van der Waals surface area contributed by atoms with Gasteiger partial charge in [-0.05, 0) is 84.7 Å². The number of halogens is 3. The Labute approximate surface area is 299 Å². The first-order valence-corrected chi connectivity index (χ1v) is 17.5. The van der Waals surface area contributed by atoms with Gasteiger partial charge in [-0.2, -0.15) is 19.0 Å². The van der Waals surface area contributed by atoms with Gasteiger partial charge in [-0.3, -0.25) is 15.1 Å². The number of aromatic nitrogens is 4. The molecule has 268 valence electrons. The Kier molecular flexibility index (Phi) is 8.68. The van der Waals surface area contributed by atoms with Gasteiger partial charge in [-0.15, -0.1) is 0 Å². The highest BCUT2D eigenvalue weighted by Gasteiger charge is 2.54. The average Bonchev–Trinajstić information content (AvgIpc) is 3.89. The standard InChI is InChI=1S/C37H41ClF2N8O3/c1-35(2,3)21-37(27-10-7-23(8-11-27)26-17-43-47(19-26)32(39)40)31(49)48(33(41)44-37)30(20-51-34(50)45-36(4)13-14-36)24-9-12-28(38)29(15-24)46-18-25(16-42-46)22-5-6-22/h7-12,15-19,22,30,32H,5-6,13-14,20-21H2,1-4H3,(H2,41,44)(H,45,50)/t30-,37-/m1/s1. The Balaban J connectivity index is 1.25. The van der Waals surface area contributed by atoms with Gasteiger partial charge >= 0.3 is 12.6 Å². The third-order valence-corrected chi connectivity index (χ3v) is 10.1. The van der Waals surface area contributed by atoms with Crippen LogP contribution in [0.4, 0.5) is 13.6 Å². The van der Waals surface area contributed by atoms with Crippen LogP contribution in [0.15, 0.2) is 67.3 Å². The summed E-state index contributed by atoms with van der Waals surface area (Å²) in [4.78, 5) is 29.3. The SMILES string of the molecule is CC(C)(C)C[C@]1(c2ccc(-c3cnn(C(F)F)c3)cc2)NC(=N)N([C@H](COC(=O)NC2(C)CC2)c2ccc(Cl)c(-n3cc(C4CC4)cn3)c2)C1=O. The van der Waals surface area contributed by atoms with Crippen molar-refractivity contribution in [2.24, 2.45) is 5.41 Å². The molecular weight excluding hydrogens is 678 g/mol. The van der Waals surface area contributed by atoms with Crippen LogP contribution in [0.5, 0.6) is 0 Å². The fourth-order valence-electron chi connectivity index (χ4n) is 6.75. The monoisotopic (exact) mass is 718 g/mol. The minimum atomic E-state index is -2.76. The molecule has 4 aromatic rings. The van der Waals surface area contributed by atoms with Gasteiger partial charge in [0.15, 0.2) is 5.96 Å². The van der Waals surface area contributed by atoms with Crippen molar-refractivity contribution in [1.82, 2.24) is 35.1 Å². The molecule has 1 aliphatic heterocycles. The number of guanidine groups is 1. The Morgan fingerprint density at radius 3 is 2.45 bits per heavy atom. The highest BCUT2D eigenvalue weighted by atomic mass is 35.5. The van der Waals surface area contributed by atoms with Gasteiger partial charge in [0.2, 0.25) is 0 Å². The summed E-state index contributed by atoms with van der Waals surface area (Å²) in [6.07, 6.45) is 10.1. The molecule has 2 atom stereocenters. The first-order valence-electron chi connectivity index (χ1n) is 17.1. The topological polar surface area (TPSA) is 130 Å². The molecule has 0 radical (unpaired) electrons. The summed E-state index contributed by atoms with van der Waals surface area (Å²) in [7, 11) is 0. The number of rotatable bonds is 11. The van der Waals surface area contributed by atoms with E-state index in [4.69, 9.17) is 16.3 Å². The number of carbonyl (C=O) groups excluding carboxylic acids is 2. The fourth-order valence-corrected chi connectivity index (χ4v) is 6.96. The van der Waals surface area contributed by atoms with Gasteiger partial charge in [-0.1, -0.05) is 62.7 Å². The van der Waals surface area contributed by atoms with Crippen molar-refractivity contribution >= 4 is 29.6 Å². The lowest BCUT2D eigenvalue weighted by atomic mass is 9.75. The number of ether oxygens (including phenoxy) is 1. The molecule has 51 heavy (non-hydrogen) atoms. The van der Waals surface area contributed by atoms with Crippen LogP contribution in [0.1, 0.15) is 95.0 Å². The number of alkyl carbamates (subject to hydrolysis) is 1. The van der Waals surface area contributed by atoms with Gasteiger partial charge in [0.05, 0.1) is 29.1 Å². The lowest BCUT2D eigenvalue weighted by Crippen LogP contribution is -2.47. The lowest BCUT2D eigenvalue weighted by Gasteiger charge is -2.35. The van der Waals surface area contributed by atoms with Gasteiger partial charge < -0.3 is 15.4 Å². The van der Waals surface area contributed by atoms with Gasteiger partial charge in [0.1, 0.15) is 12.1 Å². The van der Waals surface area contributed by atoms with Gasteiger partial charge in [0.25, 0.3) is 5.91 Å². The molecule has 1 saturated heterocycles. The van der Waals surface area contributed by atoms with E-state index in [-0.39, 0.29) is 23.5 Å². The molecule has 2 aliphatic carbocycles. The second kappa shape index (κ2) is 12.8. The van der Waals surface area contributed by atoms with Crippen LogP contribution in [-0.2, 0) is 15.1 Å². The Hall–Kier alpha value is -4.78. The van der Waals surface area contributed by atoms with Crippen LogP contribution in [0.25, 0.3) is 16.8 Å². The van der Waals surface area contributed by atoms with Crippen LogP contribution in [0.2, 0.25) is 5.02 Å².